The molecule has 5 nitrogen and oxygen atoms in total. The van der Waals surface area contributed by atoms with Gasteiger partial charge in [-0.15, -0.1) is 0 Å². The molecule has 5 heteroatoms. The zero-order valence-electron chi connectivity index (χ0n) is 14.5. The first-order chi connectivity index (χ1) is 13.1. The van der Waals surface area contributed by atoms with Crippen LogP contribution in [0.15, 0.2) is 78.9 Å². The van der Waals surface area contributed by atoms with Crippen molar-refractivity contribution in [3.05, 3.63) is 95.6 Å². The van der Waals surface area contributed by atoms with Crippen molar-refractivity contribution in [3.8, 4) is 5.75 Å². The second-order valence-corrected chi connectivity index (χ2v) is 6.34. The van der Waals surface area contributed by atoms with E-state index in [0.29, 0.717) is 11.3 Å². The average Bonchev–Trinajstić information content (AvgIpc) is 2.71. The van der Waals surface area contributed by atoms with Gasteiger partial charge in [0.2, 0.25) is 0 Å². The number of nitrogens with two attached hydrogens (primary N) is 1. The lowest BCUT2D eigenvalue weighted by atomic mass is 9.87. The maximum absolute atomic E-state index is 12.4. The maximum Gasteiger partial charge on any atom is 0.320 e. The van der Waals surface area contributed by atoms with Crippen LogP contribution < -0.4 is 16.4 Å². The van der Waals surface area contributed by atoms with E-state index in [4.69, 9.17) is 5.73 Å². The van der Waals surface area contributed by atoms with Gasteiger partial charge in [0.15, 0.2) is 0 Å². The smallest absolute Gasteiger partial charge is 0.320 e. The molecule has 2 amide bonds. The van der Waals surface area contributed by atoms with Crippen molar-refractivity contribution in [1.29, 1.82) is 0 Å². The summed E-state index contributed by atoms with van der Waals surface area (Å²) in [5.41, 5.74) is 10.1. The first kappa shape index (κ1) is 16.7. The molecule has 1 unspecified atom stereocenters. The summed E-state index contributed by atoms with van der Waals surface area (Å²) in [6.45, 7) is 0. The second-order valence-electron chi connectivity index (χ2n) is 6.34. The number of hydrogen-bond acceptors (Lipinski definition) is 3. The fourth-order valence-electron chi connectivity index (χ4n) is 3.37. The molecule has 0 aromatic heterocycles. The van der Waals surface area contributed by atoms with Crippen molar-refractivity contribution < 1.29 is 9.90 Å². The second kappa shape index (κ2) is 6.88. The first-order valence-corrected chi connectivity index (χ1v) is 8.65. The van der Waals surface area contributed by atoms with Crippen molar-refractivity contribution >= 4 is 23.0 Å². The number of phenolic OH excluding ortho intramolecular Hbond substituents is 1. The lowest BCUT2D eigenvalue weighted by Crippen LogP contribution is -2.43. The minimum absolute atomic E-state index is 0.0226. The van der Waals surface area contributed by atoms with Gasteiger partial charge in [0.1, 0.15) is 5.75 Å². The normalized spacial score (nSPS) is 16.6. The Morgan fingerprint density at radius 1 is 0.815 bits per heavy atom. The van der Waals surface area contributed by atoms with E-state index in [2.05, 4.69) is 10.6 Å². The van der Waals surface area contributed by atoms with Gasteiger partial charge in [-0.05, 0) is 17.2 Å². The molecular formula is C22H19N3O2. The minimum Gasteiger partial charge on any atom is -0.505 e. The summed E-state index contributed by atoms with van der Waals surface area (Å²) in [5.74, 6) is -0.0226. The van der Waals surface area contributed by atoms with Crippen LogP contribution in [0.2, 0.25) is 0 Å². The number of anilines is 1. The number of amides is 2. The standard InChI is InChI=1S/C22H19N3O2/c23-17-13-7-12-16(21(17)26)20-18(14-8-3-1-4-9-14)19(24-22(27)25-20)15-10-5-2-6-11-15/h1-13,20,26H,23H2,(H2,24,25,27). The molecule has 1 aliphatic heterocycles. The van der Waals surface area contributed by atoms with Gasteiger partial charge in [-0.3, -0.25) is 0 Å². The van der Waals surface area contributed by atoms with Crippen molar-refractivity contribution in [2.24, 2.45) is 0 Å². The minimum atomic E-state index is -0.542. The maximum atomic E-state index is 12.4. The Labute approximate surface area is 157 Å². The number of rotatable bonds is 3. The largest absolute Gasteiger partial charge is 0.505 e. The molecule has 0 saturated heterocycles. The number of urea groups is 1. The number of aromatic hydroxyl groups is 1. The number of nitrogen functional groups attached to an aromatic ring is 1. The zero-order chi connectivity index (χ0) is 18.8. The number of para-hydroxylation sites is 1. The van der Waals surface area contributed by atoms with Crippen LogP contribution in [-0.4, -0.2) is 11.1 Å². The molecular weight excluding hydrogens is 338 g/mol. The van der Waals surface area contributed by atoms with E-state index < -0.39 is 6.04 Å². The molecule has 0 bridgehead atoms. The highest BCUT2D eigenvalue weighted by molar-refractivity contribution is 6.03. The summed E-state index contributed by atoms with van der Waals surface area (Å²) >= 11 is 0. The van der Waals surface area contributed by atoms with Gasteiger partial charge in [-0.25, -0.2) is 4.79 Å². The summed E-state index contributed by atoms with van der Waals surface area (Å²) in [7, 11) is 0. The number of benzene rings is 3. The third kappa shape index (κ3) is 3.11. The number of phenols is 1. The Bertz CT molecular complexity index is 1010. The molecule has 0 aliphatic carbocycles. The van der Waals surface area contributed by atoms with Crippen LogP contribution in [-0.2, 0) is 0 Å². The van der Waals surface area contributed by atoms with Crippen LogP contribution in [0.25, 0.3) is 11.3 Å². The fraction of sp³-hybridized carbons (Fsp3) is 0.0455. The van der Waals surface area contributed by atoms with Crippen LogP contribution in [0.5, 0.6) is 5.75 Å². The number of carbonyl (C=O) groups excluding carboxylic acids is 1. The molecule has 0 saturated carbocycles. The van der Waals surface area contributed by atoms with E-state index in [1.165, 1.54) is 0 Å². The van der Waals surface area contributed by atoms with Crippen molar-refractivity contribution in [3.63, 3.8) is 0 Å². The molecule has 0 spiro atoms. The van der Waals surface area contributed by atoms with Crippen LogP contribution >= 0.6 is 0 Å². The third-order valence-electron chi connectivity index (χ3n) is 4.63. The molecule has 3 aromatic rings. The highest BCUT2D eigenvalue weighted by atomic mass is 16.3. The summed E-state index contributed by atoms with van der Waals surface area (Å²) in [6, 6.07) is 23.7. The molecule has 3 aromatic carbocycles. The van der Waals surface area contributed by atoms with Crippen molar-refractivity contribution in [2.75, 3.05) is 5.73 Å². The van der Waals surface area contributed by atoms with Crippen LogP contribution in [0.4, 0.5) is 10.5 Å². The molecule has 0 radical (unpaired) electrons. The molecule has 134 valence electrons. The summed E-state index contributed by atoms with van der Waals surface area (Å²) in [4.78, 5) is 12.4. The van der Waals surface area contributed by atoms with Gasteiger partial charge < -0.3 is 21.5 Å². The molecule has 1 heterocycles. The SMILES string of the molecule is Nc1cccc(C2NC(=O)NC(c3ccccc3)=C2c2ccccc2)c1O. The third-order valence-corrected chi connectivity index (χ3v) is 4.63. The Morgan fingerprint density at radius 2 is 1.44 bits per heavy atom. The Hall–Kier alpha value is -3.73. The highest BCUT2D eigenvalue weighted by Gasteiger charge is 2.31. The quantitative estimate of drug-likeness (QED) is 0.423. The van der Waals surface area contributed by atoms with Gasteiger partial charge in [-0.1, -0.05) is 72.8 Å². The zero-order valence-corrected chi connectivity index (χ0v) is 14.5. The monoisotopic (exact) mass is 357 g/mol. The van der Waals surface area contributed by atoms with Gasteiger partial charge >= 0.3 is 6.03 Å². The predicted octanol–water partition coefficient (Wildman–Crippen LogP) is 3.90. The number of nitrogens with one attached hydrogen (secondary N) is 2. The molecule has 0 fully saturated rings. The predicted molar refractivity (Wildman–Crippen MR) is 107 cm³/mol. The first-order valence-electron chi connectivity index (χ1n) is 8.65. The number of hydrogen-bond donors (Lipinski definition) is 4. The van der Waals surface area contributed by atoms with Gasteiger partial charge in [-0.2, -0.15) is 0 Å². The van der Waals surface area contributed by atoms with Crippen molar-refractivity contribution in [2.45, 2.75) is 6.04 Å². The summed E-state index contributed by atoms with van der Waals surface area (Å²) < 4.78 is 0. The van der Waals surface area contributed by atoms with E-state index in [0.717, 1.165) is 16.7 Å². The Balaban J connectivity index is 1.99. The van der Waals surface area contributed by atoms with Gasteiger partial charge in [0.05, 0.1) is 17.4 Å². The van der Waals surface area contributed by atoms with Gasteiger partial charge in [0, 0.05) is 11.1 Å². The van der Waals surface area contributed by atoms with Crippen LogP contribution in [0.1, 0.15) is 22.7 Å². The van der Waals surface area contributed by atoms with Crippen LogP contribution in [0.3, 0.4) is 0 Å². The lowest BCUT2D eigenvalue weighted by Gasteiger charge is -2.31. The van der Waals surface area contributed by atoms with E-state index in [1.54, 1.807) is 18.2 Å². The topological polar surface area (TPSA) is 87.4 Å². The molecule has 1 aliphatic rings. The summed E-state index contributed by atoms with van der Waals surface area (Å²) in [6.07, 6.45) is 0. The molecule has 4 rings (SSSR count). The molecule has 1 atom stereocenters. The summed E-state index contributed by atoms with van der Waals surface area (Å²) in [5, 5.41) is 16.4. The fourth-order valence-corrected chi connectivity index (χ4v) is 3.37. The Morgan fingerprint density at radius 3 is 2.11 bits per heavy atom. The van der Waals surface area contributed by atoms with Crippen molar-refractivity contribution in [1.82, 2.24) is 10.6 Å². The molecule has 5 N–H and O–H groups in total. The molecule has 27 heavy (non-hydrogen) atoms. The van der Waals surface area contributed by atoms with E-state index in [9.17, 15) is 9.90 Å². The average molecular weight is 357 g/mol. The Kier molecular flexibility index (Phi) is 4.26. The van der Waals surface area contributed by atoms with E-state index >= 15 is 0 Å². The van der Waals surface area contributed by atoms with Gasteiger partial charge in [0.25, 0.3) is 0 Å². The highest BCUT2D eigenvalue weighted by Crippen LogP contribution is 2.41. The lowest BCUT2D eigenvalue weighted by molar-refractivity contribution is 0.242. The van der Waals surface area contributed by atoms with E-state index in [-0.39, 0.29) is 17.5 Å². The number of carbonyl (C=O) groups is 1. The van der Waals surface area contributed by atoms with Crippen LogP contribution in [0, 0.1) is 0 Å². The van der Waals surface area contributed by atoms with E-state index in [1.807, 2.05) is 60.7 Å².